The summed E-state index contributed by atoms with van der Waals surface area (Å²) in [6.45, 7) is 7.11. The second-order valence-electron chi connectivity index (χ2n) is 7.22. The number of aliphatic hydroxyl groups is 1. The molecule has 1 heterocycles. The van der Waals surface area contributed by atoms with Crippen LogP contribution in [0.5, 0.6) is 0 Å². The third-order valence-electron chi connectivity index (χ3n) is 3.99. The molecule has 0 unspecified atom stereocenters. The van der Waals surface area contributed by atoms with Gasteiger partial charge in [0.15, 0.2) is 0 Å². The zero-order valence-corrected chi connectivity index (χ0v) is 14.6. The van der Waals surface area contributed by atoms with Gasteiger partial charge in [-0.25, -0.2) is 9.78 Å². The number of hydrogen-bond acceptors (Lipinski definition) is 4. The van der Waals surface area contributed by atoms with Crippen LogP contribution in [-0.4, -0.2) is 28.3 Å². The molecule has 0 radical (unpaired) electrons. The monoisotopic (exact) mass is 325 g/mol. The van der Waals surface area contributed by atoms with Gasteiger partial charge in [-0.05, 0) is 12.8 Å². The van der Waals surface area contributed by atoms with E-state index in [0.29, 0.717) is 13.1 Å². The first kappa shape index (κ1) is 17.2. The molecule has 1 fully saturated rings. The van der Waals surface area contributed by atoms with Gasteiger partial charge < -0.3 is 15.7 Å². The summed E-state index contributed by atoms with van der Waals surface area (Å²) in [6.07, 6.45) is 4.79. The van der Waals surface area contributed by atoms with Crippen LogP contribution in [-0.2, 0) is 12.0 Å². The Morgan fingerprint density at radius 3 is 2.59 bits per heavy atom. The highest BCUT2D eigenvalue weighted by atomic mass is 32.1. The lowest BCUT2D eigenvalue weighted by atomic mass is 9.85. The fourth-order valence-electron chi connectivity index (χ4n) is 2.60. The van der Waals surface area contributed by atoms with E-state index >= 15 is 0 Å². The van der Waals surface area contributed by atoms with E-state index in [-0.39, 0.29) is 11.4 Å². The zero-order chi connectivity index (χ0) is 16.2. The van der Waals surface area contributed by atoms with Gasteiger partial charge in [-0.3, -0.25) is 0 Å². The van der Waals surface area contributed by atoms with Crippen molar-refractivity contribution in [3.63, 3.8) is 0 Å². The summed E-state index contributed by atoms with van der Waals surface area (Å²) >= 11 is 1.62. The molecule has 1 aliphatic carbocycles. The van der Waals surface area contributed by atoms with Crippen molar-refractivity contribution in [1.29, 1.82) is 0 Å². The van der Waals surface area contributed by atoms with E-state index in [2.05, 4.69) is 36.4 Å². The van der Waals surface area contributed by atoms with Gasteiger partial charge in [0, 0.05) is 17.3 Å². The minimum absolute atomic E-state index is 0.0371. The summed E-state index contributed by atoms with van der Waals surface area (Å²) in [5.74, 6) is 0. The molecule has 5 nitrogen and oxygen atoms in total. The predicted molar refractivity (Wildman–Crippen MR) is 89.1 cm³/mol. The molecular formula is C16H27N3O2S. The Bertz CT molecular complexity index is 502. The maximum atomic E-state index is 11.8. The molecule has 1 aromatic rings. The molecule has 22 heavy (non-hydrogen) atoms. The maximum absolute atomic E-state index is 11.8. The zero-order valence-electron chi connectivity index (χ0n) is 13.7. The molecule has 1 saturated carbocycles. The summed E-state index contributed by atoms with van der Waals surface area (Å²) in [5.41, 5.74) is 0.187. The van der Waals surface area contributed by atoms with Crippen LogP contribution in [0, 0.1) is 0 Å². The van der Waals surface area contributed by atoms with Gasteiger partial charge >= 0.3 is 6.03 Å². The number of thiazole rings is 1. The van der Waals surface area contributed by atoms with Crippen molar-refractivity contribution < 1.29 is 9.90 Å². The first-order valence-corrected chi connectivity index (χ1v) is 8.85. The first-order valence-electron chi connectivity index (χ1n) is 7.97. The van der Waals surface area contributed by atoms with Crippen LogP contribution in [0.2, 0.25) is 0 Å². The Morgan fingerprint density at radius 2 is 2.00 bits per heavy atom. The van der Waals surface area contributed by atoms with Gasteiger partial charge in [0.1, 0.15) is 0 Å². The first-order chi connectivity index (χ1) is 10.3. The van der Waals surface area contributed by atoms with Crippen molar-refractivity contribution in [1.82, 2.24) is 15.6 Å². The van der Waals surface area contributed by atoms with Crippen LogP contribution < -0.4 is 10.6 Å². The largest absolute Gasteiger partial charge is 0.388 e. The molecule has 6 heteroatoms. The second kappa shape index (κ2) is 6.96. The van der Waals surface area contributed by atoms with Gasteiger partial charge in [0.25, 0.3) is 0 Å². The van der Waals surface area contributed by atoms with E-state index in [1.807, 2.05) is 5.38 Å². The van der Waals surface area contributed by atoms with E-state index in [0.717, 1.165) is 36.4 Å². The molecular weight excluding hydrogens is 298 g/mol. The van der Waals surface area contributed by atoms with Crippen LogP contribution >= 0.6 is 11.3 Å². The van der Waals surface area contributed by atoms with E-state index < -0.39 is 5.60 Å². The van der Waals surface area contributed by atoms with Crippen molar-refractivity contribution in [2.45, 2.75) is 70.4 Å². The van der Waals surface area contributed by atoms with E-state index in [9.17, 15) is 9.90 Å². The Balaban J connectivity index is 1.74. The number of amides is 2. The maximum Gasteiger partial charge on any atom is 0.315 e. The Morgan fingerprint density at radius 1 is 1.32 bits per heavy atom. The fraction of sp³-hybridized carbons (Fsp3) is 0.750. The molecule has 0 aromatic carbocycles. The number of nitrogens with one attached hydrogen (secondary N) is 2. The molecule has 0 aliphatic heterocycles. The topological polar surface area (TPSA) is 74.2 Å². The molecule has 124 valence electrons. The summed E-state index contributed by atoms with van der Waals surface area (Å²) < 4.78 is 0. The van der Waals surface area contributed by atoms with E-state index in [4.69, 9.17) is 0 Å². The molecule has 2 amide bonds. The van der Waals surface area contributed by atoms with Crippen molar-refractivity contribution in [3.8, 4) is 0 Å². The highest BCUT2D eigenvalue weighted by Crippen LogP contribution is 2.27. The van der Waals surface area contributed by atoms with E-state index in [1.165, 1.54) is 6.42 Å². The summed E-state index contributed by atoms with van der Waals surface area (Å²) in [7, 11) is 0. The number of nitrogens with zero attached hydrogens (tertiary/aromatic N) is 1. The number of carbonyl (C=O) groups excluding carboxylic acids is 1. The van der Waals surface area contributed by atoms with Crippen LogP contribution in [0.4, 0.5) is 4.79 Å². The van der Waals surface area contributed by atoms with Crippen LogP contribution in [0.1, 0.15) is 63.6 Å². The van der Waals surface area contributed by atoms with Gasteiger partial charge in [0.05, 0.1) is 22.8 Å². The van der Waals surface area contributed by atoms with Gasteiger partial charge in [-0.2, -0.15) is 0 Å². The molecule has 0 saturated heterocycles. The number of hydrogen-bond donors (Lipinski definition) is 3. The molecule has 0 bridgehead atoms. The average molecular weight is 325 g/mol. The predicted octanol–water partition coefficient (Wildman–Crippen LogP) is 2.94. The summed E-state index contributed by atoms with van der Waals surface area (Å²) in [5, 5.41) is 19.0. The van der Waals surface area contributed by atoms with Crippen molar-refractivity contribution in [2.75, 3.05) is 6.54 Å². The van der Waals surface area contributed by atoms with Crippen molar-refractivity contribution in [2.24, 2.45) is 0 Å². The number of rotatable bonds is 4. The molecule has 2 rings (SSSR count). The summed E-state index contributed by atoms with van der Waals surface area (Å²) in [6, 6.07) is -0.246. The fourth-order valence-corrected chi connectivity index (χ4v) is 3.50. The van der Waals surface area contributed by atoms with Crippen LogP contribution in [0.3, 0.4) is 0 Å². The normalized spacial score (nSPS) is 18.0. The lowest BCUT2D eigenvalue weighted by Gasteiger charge is -2.32. The standard InChI is InChI=1S/C16H27N3O2S/c1-15(2,3)13-19-12(10-22-13)9-17-14(20)18-11-16(21)7-5-4-6-8-16/h10,21H,4-9,11H2,1-3H3,(H2,17,18,20). The van der Waals surface area contributed by atoms with Gasteiger partial charge in [-0.15, -0.1) is 11.3 Å². The van der Waals surface area contributed by atoms with Crippen LogP contribution in [0.15, 0.2) is 5.38 Å². The minimum Gasteiger partial charge on any atom is -0.388 e. The Labute approximate surface area is 136 Å². The van der Waals surface area contributed by atoms with Gasteiger partial charge in [0.2, 0.25) is 0 Å². The Kier molecular flexibility index (Phi) is 5.45. The Hall–Kier alpha value is -1.14. The van der Waals surface area contributed by atoms with Gasteiger partial charge in [-0.1, -0.05) is 40.0 Å². The smallest absolute Gasteiger partial charge is 0.315 e. The molecule has 0 spiro atoms. The molecule has 1 aromatic heterocycles. The number of urea groups is 1. The average Bonchev–Trinajstić information content (AvgIpc) is 2.93. The third kappa shape index (κ3) is 4.95. The van der Waals surface area contributed by atoms with Crippen LogP contribution in [0.25, 0.3) is 0 Å². The quantitative estimate of drug-likeness (QED) is 0.797. The highest BCUT2D eigenvalue weighted by Gasteiger charge is 2.29. The summed E-state index contributed by atoms with van der Waals surface area (Å²) in [4.78, 5) is 16.4. The van der Waals surface area contributed by atoms with Crippen molar-refractivity contribution >= 4 is 17.4 Å². The lowest BCUT2D eigenvalue weighted by molar-refractivity contribution is 0.00719. The number of aromatic nitrogens is 1. The number of carbonyl (C=O) groups is 1. The highest BCUT2D eigenvalue weighted by molar-refractivity contribution is 7.09. The molecule has 1 aliphatic rings. The molecule has 0 atom stereocenters. The SMILES string of the molecule is CC(C)(C)c1nc(CNC(=O)NCC2(O)CCCCC2)cs1. The lowest BCUT2D eigenvalue weighted by Crippen LogP contribution is -2.47. The third-order valence-corrected chi connectivity index (χ3v) is 5.30. The van der Waals surface area contributed by atoms with Crippen molar-refractivity contribution in [3.05, 3.63) is 16.1 Å². The second-order valence-corrected chi connectivity index (χ2v) is 8.07. The molecule has 3 N–H and O–H groups in total. The minimum atomic E-state index is -0.727. The van der Waals surface area contributed by atoms with E-state index in [1.54, 1.807) is 11.3 Å².